The van der Waals surface area contributed by atoms with Crippen molar-refractivity contribution >= 4 is 8.56 Å². The molecule has 7 nitrogen and oxygen atoms in total. The molecule has 0 rings (SSSR count). The summed E-state index contributed by atoms with van der Waals surface area (Å²) in [5, 5.41) is 3.27. The SMILES string of the molecule is CC(N)COCC(C)N.CC[Si](CCCNCCN)(OC)OC. The van der Waals surface area contributed by atoms with Crippen molar-refractivity contribution in [2.75, 3.05) is 47.1 Å². The molecule has 2 unspecified atom stereocenters. The first kappa shape index (κ1) is 25.2. The maximum atomic E-state index is 5.51. The highest BCUT2D eigenvalue weighted by atomic mass is 28.4. The molecule has 0 heterocycles. The lowest BCUT2D eigenvalue weighted by Gasteiger charge is -2.25. The Labute approximate surface area is 143 Å². The van der Waals surface area contributed by atoms with E-state index in [1.54, 1.807) is 14.2 Å². The van der Waals surface area contributed by atoms with Gasteiger partial charge in [0.25, 0.3) is 0 Å². The fraction of sp³-hybridized carbons (Fsp3) is 1.00. The Morgan fingerprint density at radius 2 is 1.52 bits per heavy atom. The van der Waals surface area contributed by atoms with Crippen LogP contribution in [0.15, 0.2) is 0 Å². The Morgan fingerprint density at radius 1 is 1.00 bits per heavy atom. The summed E-state index contributed by atoms with van der Waals surface area (Å²) < 4.78 is 16.1. The van der Waals surface area contributed by atoms with Crippen molar-refractivity contribution in [3.8, 4) is 0 Å². The van der Waals surface area contributed by atoms with Gasteiger partial charge in [-0.25, -0.2) is 0 Å². The predicted octanol–water partition coefficient (Wildman–Crippen LogP) is 0.377. The molecule has 0 fully saturated rings. The smallest absolute Gasteiger partial charge is 0.337 e. The minimum absolute atomic E-state index is 0.115. The van der Waals surface area contributed by atoms with Gasteiger partial charge in [-0.2, -0.15) is 0 Å². The Bertz CT molecular complexity index is 226. The summed E-state index contributed by atoms with van der Waals surface area (Å²) in [6, 6.07) is 2.29. The largest absolute Gasteiger partial charge is 0.398 e. The Morgan fingerprint density at radius 3 is 1.87 bits per heavy atom. The molecule has 0 aromatic rings. The molecule has 7 N–H and O–H groups in total. The molecule has 2 atom stereocenters. The summed E-state index contributed by atoms with van der Waals surface area (Å²) >= 11 is 0. The highest BCUT2D eigenvalue weighted by Crippen LogP contribution is 2.18. The van der Waals surface area contributed by atoms with Crippen LogP contribution < -0.4 is 22.5 Å². The number of ether oxygens (including phenoxy) is 1. The fourth-order valence-corrected chi connectivity index (χ4v) is 4.12. The van der Waals surface area contributed by atoms with Crippen molar-refractivity contribution in [2.24, 2.45) is 17.2 Å². The number of hydrogen-bond donors (Lipinski definition) is 4. The van der Waals surface area contributed by atoms with Gasteiger partial charge in [0.15, 0.2) is 0 Å². The molecule has 0 bridgehead atoms. The normalized spacial score (nSPS) is 14.1. The number of rotatable bonds is 13. The fourth-order valence-electron chi connectivity index (χ4n) is 1.90. The highest BCUT2D eigenvalue weighted by molar-refractivity contribution is 6.67. The summed E-state index contributed by atoms with van der Waals surface area (Å²) in [4.78, 5) is 0. The van der Waals surface area contributed by atoms with Crippen LogP contribution in [0.3, 0.4) is 0 Å². The van der Waals surface area contributed by atoms with Gasteiger partial charge in [-0.15, -0.1) is 0 Å². The van der Waals surface area contributed by atoms with E-state index < -0.39 is 8.56 Å². The number of hydrogen-bond acceptors (Lipinski definition) is 7. The van der Waals surface area contributed by atoms with Crippen LogP contribution in [0, 0.1) is 0 Å². The van der Waals surface area contributed by atoms with E-state index in [0.29, 0.717) is 19.8 Å². The maximum absolute atomic E-state index is 5.51. The second kappa shape index (κ2) is 16.8. The van der Waals surface area contributed by atoms with Gasteiger partial charge in [-0.05, 0) is 38.9 Å². The predicted molar refractivity (Wildman–Crippen MR) is 99.7 cm³/mol. The van der Waals surface area contributed by atoms with Crippen molar-refractivity contribution in [3.05, 3.63) is 0 Å². The van der Waals surface area contributed by atoms with Crippen molar-refractivity contribution < 1.29 is 13.6 Å². The third kappa shape index (κ3) is 16.6. The third-order valence-electron chi connectivity index (χ3n) is 3.28. The molecule has 0 amide bonds. The minimum atomic E-state index is -1.85. The standard InChI is InChI=1S/C9H24N2O2Si.C6H16N2O/c1-4-14(12-2,13-3)9-5-7-11-8-6-10;1-5(7)3-9-4-6(2)8/h11H,4-10H2,1-3H3;5-6H,3-4,7-8H2,1-2H3. The Hall–Kier alpha value is -0.0631. The van der Waals surface area contributed by atoms with Crippen molar-refractivity contribution in [2.45, 2.75) is 51.4 Å². The summed E-state index contributed by atoms with van der Waals surface area (Å²) in [5.41, 5.74) is 16.2. The molecular weight excluding hydrogens is 312 g/mol. The number of nitrogens with one attached hydrogen (secondary N) is 1. The number of nitrogens with two attached hydrogens (primary N) is 3. The van der Waals surface area contributed by atoms with E-state index in [1.165, 1.54) is 0 Å². The summed E-state index contributed by atoms with van der Waals surface area (Å²) in [5.74, 6) is 0. The van der Waals surface area contributed by atoms with Crippen molar-refractivity contribution in [3.63, 3.8) is 0 Å². The average molecular weight is 353 g/mol. The summed E-state index contributed by atoms with van der Waals surface area (Å²) in [6.45, 7) is 9.72. The molecule has 0 radical (unpaired) electrons. The molecule has 0 saturated carbocycles. The van der Waals surface area contributed by atoms with E-state index in [0.717, 1.165) is 31.6 Å². The van der Waals surface area contributed by atoms with Gasteiger partial charge in [-0.1, -0.05) is 6.92 Å². The first-order chi connectivity index (χ1) is 10.9. The molecule has 0 saturated heterocycles. The highest BCUT2D eigenvalue weighted by Gasteiger charge is 2.32. The van der Waals surface area contributed by atoms with E-state index in [1.807, 2.05) is 13.8 Å². The molecule has 142 valence electrons. The van der Waals surface area contributed by atoms with E-state index in [4.69, 9.17) is 30.8 Å². The van der Waals surface area contributed by atoms with Crippen LogP contribution in [0.5, 0.6) is 0 Å². The van der Waals surface area contributed by atoms with Crippen LogP contribution in [0.1, 0.15) is 27.2 Å². The molecule has 0 aliphatic carbocycles. The summed E-state index contributed by atoms with van der Waals surface area (Å²) in [7, 11) is 1.66. The minimum Gasteiger partial charge on any atom is -0.398 e. The van der Waals surface area contributed by atoms with E-state index in [9.17, 15) is 0 Å². The third-order valence-corrected chi connectivity index (χ3v) is 6.96. The van der Waals surface area contributed by atoms with Gasteiger partial charge in [0.2, 0.25) is 0 Å². The van der Waals surface area contributed by atoms with Gasteiger partial charge in [-0.3, -0.25) is 0 Å². The average Bonchev–Trinajstić information content (AvgIpc) is 2.51. The summed E-state index contributed by atoms with van der Waals surface area (Å²) in [6.07, 6.45) is 1.10. The zero-order valence-electron chi connectivity index (χ0n) is 15.8. The Kier molecular flexibility index (Phi) is 18.4. The molecule has 23 heavy (non-hydrogen) atoms. The second-order valence-electron chi connectivity index (χ2n) is 5.81. The van der Waals surface area contributed by atoms with Crippen LogP contribution in [0.25, 0.3) is 0 Å². The van der Waals surface area contributed by atoms with Crippen molar-refractivity contribution in [1.29, 1.82) is 0 Å². The second-order valence-corrected chi connectivity index (χ2v) is 9.65. The lowest BCUT2D eigenvalue weighted by atomic mass is 10.4. The van der Waals surface area contributed by atoms with Crippen LogP contribution >= 0.6 is 0 Å². The van der Waals surface area contributed by atoms with Gasteiger partial charge in [0.1, 0.15) is 0 Å². The lowest BCUT2D eigenvalue weighted by Crippen LogP contribution is -2.39. The van der Waals surface area contributed by atoms with Crippen LogP contribution in [0.4, 0.5) is 0 Å². The first-order valence-electron chi connectivity index (χ1n) is 8.47. The topological polar surface area (TPSA) is 118 Å². The van der Waals surface area contributed by atoms with E-state index >= 15 is 0 Å². The maximum Gasteiger partial charge on any atom is 0.337 e. The van der Waals surface area contributed by atoms with Gasteiger partial charge in [0, 0.05) is 39.4 Å². The molecular formula is C15H40N4O3Si. The van der Waals surface area contributed by atoms with Gasteiger partial charge < -0.3 is 36.1 Å². The lowest BCUT2D eigenvalue weighted by molar-refractivity contribution is 0.115. The van der Waals surface area contributed by atoms with Gasteiger partial charge >= 0.3 is 8.56 Å². The monoisotopic (exact) mass is 352 g/mol. The van der Waals surface area contributed by atoms with E-state index in [2.05, 4.69) is 12.2 Å². The molecule has 0 aliphatic heterocycles. The quantitative estimate of drug-likeness (QED) is 0.279. The van der Waals surface area contributed by atoms with Crippen LogP contribution in [-0.4, -0.2) is 67.7 Å². The van der Waals surface area contributed by atoms with Gasteiger partial charge in [0.05, 0.1) is 13.2 Å². The van der Waals surface area contributed by atoms with Crippen molar-refractivity contribution in [1.82, 2.24) is 5.32 Å². The van der Waals surface area contributed by atoms with E-state index in [-0.39, 0.29) is 12.1 Å². The Balaban J connectivity index is 0. The van der Waals surface area contributed by atoms with Crippen LogP contribution in [-0.2, 0) is 13.6 Å². The molecule has 0 aliphatic rings. The zero-order chi connectivity index (χ0) is 18.1. The zero-order valence-corrected chi connectivity index (χ0v) is 16.8. The molecule has 0 aromatic heterocycles. The molecule has 0 aromatic carbocycles. The molecule has 8 heteroatoms. The van der Waals surface area contributed by atoms with Crippen LogP contribution in [0.2, 0.25) is 12.1 Å². The molecule has 0 spiro atoms. The first-order valence-corrected chi connectivity index (χ1v) is 10.7.